The summed E-state index contributed by atoms with van der Waals surface area (Å²) in [6.45, 7) is 2.27. The van der Waals surface area contributed by atoms with E-state index in [-0.39, 0.29) is 5.54 Å². The van der Waals surface area contributed by atoms with Gasteiger partial charge in [-0.3, -0.25) is 0 Å². The van der Waals surface area contributed by atoms with Gasteiger partial charge in [0.05, 0.1) is 0 Å². The lowest BCUT2D eigenvalue weighted by Crippen LogP contribution is -2.45. The highest BCUT2D eigenvalue weighted by atomic mass is 14.7. The lowest BCUT2D eigenvalue weighted by molar-refractivity contribution is 0.332. The van der Waals surface area contributed by atoms with Crippen molar-refractivity contribution in [3.63, 3.8) is 0 Å². The molecule has 2 rings (SSSR count). The highest BCUT2D eigenvalue weighted by molar-refractivity contribution is 5.31. The Morgan fingerprint density at radius 2 is 1.78 bits per heavy atom. The molecule has 18 heavy (non-hydrogen) atoms. The van der Waals surface area contributed by atoms with Crippen molar-refractivity contribution in [2.24, 2.45) is 5.73 Å². The van der Waals surface area contributed by atoms with E-state index >= 15 is 0 Å². The quantitative estimate of drug-likeness (QED) is 0.746. The van der Waals surface area contributed by atoms with E-state index in [4.69, 9.17) is 5.73 Å². The topological polar surface area (TPSA) is 26.0 Å². The van der Waals surface area contributed by atoms with Gasteiger partial charge in [0.1, 0.15) is 0 Å². The third-order valence-corrected chi connectivity index (χ3v) is 4.33. The summed E-state index contributed by atoms with van der Waals surface area (Å²) in [5.74, 6) is 0. The van der Waals surface area contributed by atoms with E-state index in [1.807, 2.05) is 0 Å². The number of hydrogen-bond acceptors (Lipinski definition) is 1. The number of benzene rings is 1. The summed E-state index contributed by atoms with van der Waals surface area (Å²) < 4.78 is 0. The maximum absolute atomic E-state index is 6.59. The Morgan fingerprint density at radius 1 is 1.06 bits per heavy atom. The van der Waals surface area contributed by atoms with E-state index in [2.05, 4.69) is 31.2 Å². The Hall–Kier alpha value is -0.820. The average Bonchev–Trinajstić information content (AvgIpc) is 2.38. The van der Waals surface area contributed by atoms with Crippen LogP contribution < -0.4 is 5.73 Å². The summed E-state index contributed by atoms with van der Waals surface area (Å²) in [4.78, 5) is 0. The van der Waals surface area contributed by atoms with Gasteiger partial charge in [-0.2, -0.15) is 0 Å². The van der Waals surface area contributed by atoms with Gasteiger partial charge < -0.3 is 5.73 Å². The van der Waals surface area contributed by atoms with E-state index in [1.165, 1.54) is 56.1 Å². The molecule has 0 aliphatic heterocycles. The molecular weight excluding hydrogens is 218 g/mol. The number of aryl methyl sites for hydroxylation is 1. The van der Waals surface area contributed by atoms with Crippen LogP contribution in [0.5, 0.6) is 0 Å². The van der Waals surface area contributed by atoms with Crippen LogP contribution in [0.15, 0.2) is 24.3 Å². The molecule has 0 amide bonds. The summed E-state index contributed by atoms with van der Waals surface area (Å²) in [6.07, 6.45) is 11.3. The maximum Gasteiger partial charge on any atom is 0.0198 e. The lowest BCUT2D eigenvalue weighted by Gasteiger charge is -2.35. The zero-order valence-electron chi connectivity index (χ0n) is 11.8. The first-order valence-corrected chi connectivity index (χ1v) is 7.59. The van der Waals surface area contributed by atoms with Gasteiger partial charge in [0, 0.05) is 5.54 Å². The van der Waals surface area contributed by atoms with E-state index < -0.39 is 0 Å². The molecule has 0 fully saturated rings. The third-order valence-electron chi connectivity index (χ3n) is 4.33. The van der Waals surface area contributed by atoms with Crippen LogP contribution >= 0.6 is 0 Å². The first-order valence-electron chi connectivity index (χ1n) is 7.59. The number of nitrogens with two attached hydrogens (primary N) is 1. The Labute approximate surface area is 112 Å². The molecular formula is C17H27N. The van der Waals surface area contributed by atoms with Crippen molar-refractivity contribution in [3.8, 4) is 0 Å². The van der Waals surface area contributed by atoms with Crippen LogP contribution in [0.3, 0.4) is 0 Å². The second-order valence-corrected chi connectivity index (χ2v) is 5.97. The van der Waals surface area contributed by atoms with Crippen molar-refractivity contribution in [2.75, 3.05) is 0 Å². The molecule has 100 valence electrons. The van der Waals surface area contributed by atoms with E-state index in [0.717, 1.165) is 12.8 Å². The molecule has 1 aromatic carbocycles. The first-order chi connectivity index (χ1) is 8.73. The minimum Gasteiger partial charge on any atom is -0.325 e. The summed E-state index contributed by atoms with van der Waals surface area (Å²) in [5.41, 5.74) is 9.66. The van der Waals surface area contributed by atoms with Crippen molar-refractivity contribution in [3.05, 3.63) is 35.4 Å². The molecule has 0 bridgehead atoms. The number of fused-ring (bicyclic) bond motifs is 1. The van der Waals surface area contributed by atoms with Crippen LogP contribution in [-0.2, 0) is 12.8 Å². The molecule has 1 heteroatoms. The molecule has 0 saturated carbocycles. The highest BCUT2D eigenvalue weighted by Gasteiger charge is 2.29. The largest absolute Gasteiger partial charge is 0.325 e. The Balaban J connectivity index is 1.82. The molecule has 0 radical (unpaired) electrons. The van der Waals surface area contributed by atoms with Crippen LogP contribution in [0.25, 0.3) is 0 Å². The van der Waals surface area contributed by atoms with Crippen LogP contribution in [0.4, 0.5) is 0 Å². The molecule has 1 aliphatic carbocycles. The van der Waals surface area contributed by atoms with Crippen molar-refractivity contribution in [1.82, 2.24) is 0 Å². The number of rotatable bonds is 6. The zero-order chi connectivity index (χ0) is 12.8. The van der Waals surface area contributed by atoms with Gasteiger partial charge in [0.25, 0.3) is 0 Å². The molecule has 0 spiro atoms. The standard InChI is InChI=1S/C17H27N/c1-2-3-4-5-8-12-17(18)13-11-15-9-6-7-10-16(15)14-17/h6-7,9-10H,2-5,8,11-14,18H2,1H3. The van der Waals surface area contributed by atoms with Crippen LogP contribution in [0.2, 0.25) is 0 Å². The van der Waals surface area contributed by atoms with Gasteiger partial charge in [-0.15, -0.1) is 0 Å². The van der Waals surface area contributed by atoms with E-state index in [1.54, 1.807) is 0 Å². The SMILES string of the molecule is CCCCCCCC1(N)CCc2ccccc2C1. The Kier molecular flexibility index (Phi) is 4.82. The molecule has 2 N–H and O–H groups in total. The van der Waals surface area contributed by atoms with Crippen molar-refractivity contribution in [1.29, 1.82) is 0 Å². The normalized spacial score (nSPS) is 22.8. The number of unbranched alkanes of at least 4 members (excludes halogenated alkanes) is 4. The fourth-order valence-corrected chi connectivity index (χ4v) is 3.12. The van der Waals surface area contributed by atoms with Crippen LogP contribution in [0, 0.1) is 0 Å². The maximum atomic E-state index is 6.59. The number of hydrogen-bond donors (Lipinski definition) is 1. The fraction of sp³-hybridized carbons (Fsp3) is 0.647. The summed E-state index contributed by atoms with van der Waals surface area (Å²) >= 11 is 0. The molecule has 1 aliphatic rings. The highest BCUT2D eigenvalue weighted by Crippen LogP contribution is 2.30. The Morgan fingerprint density at radius 3 is 2.56 bits per heavy atom. The zero-order valence-corrected chi connectivity index (χ0v) is 11.8. The summed E-state index contributed by atoms with van der Waals surface area (Å²) in [7, 11) is 0. The van der Waals surface area contributed by atoms with Gasteiger partial charge in [-0.25, -0.2) is 0 Å². The van der Waals surface area contributed by atoms with Crippen LogP contribution in [0.1, 0.15) is 63.0 Å². The molecule has 0 saturated heterocycles. The predicted molar refractivity (Wildman–Crippen MR) is 78.8 cm³/mol. The first kappa shape index (κ1) is 13.6. The molecule has 1 atom stereocenters. The molecule has 0 heterocycles. The minimum absolute atomic E-state index is 0.0700. The Bertz CT molecular complexity index is 372. The predicted octanol–water partition coefficient (Wildman–Crippen LogP) is 4.23. The van der Waals surface area contributed by atoms with Gasteiger partial charge in [-0.05, 0) is 36.8 Å². The second kappa shape index (κ2) is 6.38. The molecule has 1 unspecified atom stereocenters. The summed E-state index contributed by atoms with van der Waals surface area (Å²) in [6, 6.07) is 8.81. The molecule has 0 aromatic heterocycles. The van der Waals surface area contributed by atoms with Crippen molar-refractivity contribution < 1.29 is 0 Å². The fourth-order valence-electron chi connectivity index (χ4n) is 3.12. The monoisotopic (exact) mass is 245 g/mol. The van der Waals surface area contributed by atoms with Gasteiger partial charge >= 0.3 is 0 Å². The summed E-state index contributed by atoms with van der Waals surface area (Å²) in [5, 5.41) is 0. The van der Waals surface area contributed by atoms with E-state index in [0.29, 0.717) is 0 Å². The van der Waals surface area contributed by atoms with E-state index in [9.17, 15) is 0 Å². The smallest absolute Gasteiger partial charge is 0.0198 e. The lowest BCUT2D eigenvalue weighted by atomic mass is 9.76. The van der Waals surface area contributed by atoms with Gasteiger partial charge in [0.2, 0.25) is 0 Å². The van der Waals surface area contributed by atoms with Crippen molar-refractivity contribution >= 4 is 0 Å². The molecule has 1 aromatic rings. The average molecular weight is 245 g/mol. The van der Waals surface area contributed by atoms with Crippen molar-refractivity contribution in [2.45, 2.75) is 70.3 Å². The molecule has 1 nitrogen and oxygen atoms in total. The van der Waals surface area contributed by atoms with Gasteiger partial charge in [0.15, 0.2) is 0 Å². The van der Waals surface area contributed by atoms with Crippen LogP contribution in [-0.4, -0.2) is 5.54 Å². The van der Waals surface area contributed by atoms with Gasteiger partial charge in [-0.1, -0.05) is 63.3 Å². The third kappa shape index (κ3) is 3.58. The second-order valence-electron chi connectivity index (χ2n) is 5.97. The minimum atomic E-state index is 0.0700.